The molecule has 0 aromatic heterocycles. The van der Waals surface area contributed by atoms with Gasteiger partial charge in [-0.3, -0.25) is 4.18 Å². The normalized spacial score (nSPS) is 22.6. The Balaban J connectivity index is 2.21. The summed E-state index contributed by atoms with van der Waals surface area (Å²) in [7, 11) is -3.82. The van der Waals surface area contributed by atoms with Gasteiger partial charge in [0.05, 0.1) is 11.0 Å². The van der Waals surface area contributed by atoms with Crippen LogP contribution in [0.4, 0.5) is 0 Å². The molecule has 1 heterocycles. The van der Waals surface area contributed by atoms with Crippen molar-refractivity contribution in [2.45, 2.75) is 69.5 Å². The summed E-state index contributed by atoms with van der Waals surface area (Å²) in [5.41, 5.74) is -0.328. The third-order valence-electron chi connectivity index (χ3n) is 4.13. The smallest absolute Gasteiger partial charge is 0.263 e. The van der Waals surface area contributed by atoms with Crippen LogP contribution in [0.3, 0.4) is 0 Å². The van der Waals surface area contributed by atoms with Gasteiger partial charge in [0.15, 0.2) is 0 Å². The average Bonchev–Trinajstić information content (AvgIpc) is 2.35. The minimum atomic E-state index is -3.82. The first kappa shape index (κ1) is 17.4. The minimum Gasteiger partial charge on any atom is -0.263 e. The lowest BCUT2D eigenvalue weighted by atomic mass is 9.80. The van der Waals surface area contributed by atoms with Gasteiger partial charge in [0, 0.05) is 11.1 Å². The zero-order valence-corrected chi connectivity index (χ0v) is 14.6. The molecule has 1 aromatic carbocycles. The van der Waals surface area contributed by atoms with Crippen molar-refractivity contribution in [3.8, 4) is 0 Å². The van der Waals surface area contributed by atoms with E-state index in [-0.39, 0.29) is 4.90 Å². The Labute approximate surface area is 133 Å². The Morgan fingerprint density at radius 1 is 1.05 bits per heavy atom. The van der Waals surface area contributed by atoms with E-state index in [1.807, 2.05) is 34.6 Å². The molecule has 5 nitrogen and oxygen atoms in total. The molecule has 0 atom stereocenters. The standard InChI is InChI=1S/C16H24NO4S/c1-12-6-8-14(9-7-12)22(19,20)21-13-10-15(2,3)17(18)16(4,5)11-13/h6-9,13H,10-11H2,1-5H3. The van der Waals surface area contributed by atoms with Crippen LogP contribution < -0.4 is 0 Å². The van der Waals surface area contributed by atoms with E-state index in [0.717, 1.165) is 10.6 Å². The van der Waals surface area contributed by atoms with Gasteiger partial charge in [0.1, 0.15) is 0 Å². The minimum absolute atomic E-state index is 0.151. The maximum atomic E-state index is 12.4. The predicted molar refractivity (Wildman–Crippen MR) is 83.2 cm³/mol. The molecule has 1 radical (unpaired) electrons. The van der Waals surface area contributed by atoms with Crippen molar-refractivity contribution in [3.63, 3.8) is 0 Å². The molecule has 0 saturated carbocycles. The Morgan fingerprint density at radius 3 is 1.95 bits per heavy atom. The van der Waals surface area contributed by atoms with Crippen molar-refractivity contribution < 1.29 is 17.8 Å². The van der Waals surface area contributed by atoms with Crippen molar-refractivity contribution in [1.29, 1.82) is 0 Å². The van der Waals surface area contributed by atoms with E-state index in [4.69, 9.17) is 4.18 Å². The maximum Gasteiger partial charge on any atom is 0.297 e. The quantitative estimate of drug-likeness (QED) is 0.801. The third-order valence-corrected chi connectivity index (χ3v) is 5.50. The molecule has 6 heteroatoms. The molecule has 1 saturated heterocycles. The summed E-state index contributed by atoms with van der Waals surface area (Å²) in [5.74, 6) is 0. The van der Waals surface area contributed by atoms with E-state index in [1.165, 1.54) is 0 Å². The summed E-state index contributed by atoms with van der Waals surface area (Å²) in [5, 5.41) is 13.4. The molecule has 0 bridgehead atoms. The summed E-state index contributed by atoms with van der Waals surface area (Å²) in [4.78, 5) is 0.151. The number of nitrogens with zero attached hydrogens (tertiary/aromatic N) is 1. The number of rotatable bonds is 3. The molecule has 1 fully saturated rings. The van der Waals surface area contributed by atoms with Crippen LogP contribution in [-0.2, 0) is 19.5 Å². The van der Waals surface area contributed by atoms with E-state index in [0.29, 0.717) is 12.8 Å². The molecule has 1 aliphatic heterocycles. The van der Waals surface area contributed by atoms with Crippen LogP contribution in [0.5, 0.6) is 0 Å². The number of piperidine rings is 1. The van der Waals surface area contributed by atoms with Gasteiger partial charge in [0.2, 0.25) is 0 Å². The first-order valence-corrected chi connectivity index (χ1v) is 8.82. The Morgan fingerprint density at radius 2 is 1.50 bits per heavy atom. The topological polar surface area (TPSA) is 66.5 Å². The van der Waals surface area contributed by atoms with Crippen LogP contribution in [0, 0.1) is 6.92 Å². The number of hydrogen-bond acceptors (Lipinski definition) is 4. The molecule has 1 aromatic rings. The maximum absolute atomic E-state index is 12.4. The Hall–Kier alpha value is -0.950. The van der Waals surface area contributed by atoms with Gasteiger partial charge in [-0.15, -0.1) is 10.3 Å². The average molecular weight is 326 g/mol. The lowest BCUT2D eigenvalue weighted by Gasteiger charge is -2.49. The fraction of sp³-hybridized carbons (Fsp3) is 0.625. The zero-order valence-electron chi connectivity index (χ0n) is 13.8. The first-order chi connectivity index (χ1) is 9.94. The van der Waals surface area contributed by atoms with E-state index in [2.05, 4.69) is 0 Å². The highest BCUT2D eigenvalue weighted by atomic mass is 32.2. The van der Waals surface area contributed by atoms with Crippen molar-refractivity contribution >= 4 is 10.1 Å². The van der Waals surface area contributed by atoms with Gasteiger partial charge in [-0.1, -0.05) is 17.7 Å². The molecule has 22 heavy (non-hydrogen) atoms. The van der Waals surface area contributed by atoms with Crippen LogP contribution in [0.2, 0.25) is 0 Å². The number of hydrogen-bond donors (Lipinski definition) is 0. The predicted octanol–water partition coefficient (Wildman–Crippen LogP) is 3.07. The third kappa shape index (κ3) is 3.51. The summed E-state index contributed by atoms with van der Waals surface area (Å²) in [6.45, 7) is 9.16. The van der Waals surface area contributed by atoms with Crippen LogP contribution in [-0.4, -0.2) is 30.7 Å². The summed E-state index contributed by atoms with van der Waals surface area (Å²) in [6, 6.07) is 6.57. The first-order valence-electron chi connectivity index (χ1n) is 7.41. The molecule has 0 spiro atoms. The molecule has 0 N–H and O–H groups in total. The van der Waals surface area contributed by atoms with Crippen molar-refractivity contribution in [2.24, 2.45) is 0 Å². The second kappa shape index (κ2) is 5.60. The number of hydroxylamine groups is 2. The van der Waals surface area contributed by atoms with Crippen LogP contribution in [0.15, 0.2) is 29.2 Å². The molecule has 123 valence electrons. The van der Waals surface area contributed by atoms with Gasteiger partial charge >= 0.3 is 0 Å². The van der Waals surface area contributed by atoms with Gasteiger partial charge in [0.25, 0.3) is 10.1 Å². The lowest BCUT2D eigenvalue weighted by Crippen LogP contribution is -2.60. The van der Waals surface area contributed by atoms with Crippen molar-refractivity contribution in [1.82, 2.24) is 5.06 Å². The number of benzene rings is 1. The zero-order chi connectivity index (χ0) is 16.8. The number of aryl methyl sites for hydroxylation is 1. The second-order valence-electron chi connectivity index (χ2n) is 7.31. The monoisotopic (exact) mass is 326 g/mol. The molecule has 0 unspecified atom stereocenters. The highest BCUT2D eigenvalue weighted by Crippen LogP contribution is 2.39. The van der Waals surface area contributed by atoms with Gasteiger partial charge in [-0.2, -0.15) is 8.42 Å². The van der Waals surface area contributed by atoms with Crippen molar-refractivity contribution in [3.05, 3.63) is 29.8 Å². The van der Waals surface area contributed by atoms with Gasteiger partial charge in [-0.05, 0) is 59.6 Å². The van der Waals surface area contributed by atoms with Crippen LogP contribution >= 0.6 is 0 Å². The molecule has 0 aliphatic carbocycles. The lowest BCUT2D eigenvalue weighted by molar-refractivity contribution is -0.296. The van der Waals surface area contributed by atoms with E-state index in [1.54, 1.807) is 24.3 Å². The Bertz CT molecular complexity index is 617. The van der Waals surface area contributed by atoms with Crippen LogP contribution in [0.25, 0.3) is 0 Å². The molecule has 2 rings (SSSR count). The molecule has 1 aliphatic rings. The Kier molecular flexibility index (Phi) is 4.43. The molecule has 0 amide bonds. The second-order valence-corrected chi connectivity index (χ2v) is 8.89. The molecular formula is C16H24NO4S. The summed E-state index contributed by atoms with van der Waals surface area (Å²) >= 11 is 0. The van der Waals surface area contributed by atoms with Gasteiger partial charge < -0.3 is 0 Å². The largest absolute Gasteiger partial charge is 0.297 e. The fourth-order valence-corrected chi connectivity index (χ4v) is 4.25. The van der Waals surface area contributed by atoms with Gasteiger partial charge in [-0.25, -0.2) is 0 Å². The highest BCUT2D eigenvalue weighted by Gasteiger charge is 2.47. The SMILES string of the molecule is Cc1ccc(S(=O)(=O)OC2CC(C)(C)N([O])C(C)(C)C2)cc1. The van der Waals surface area contributed by atoms with Crippen molar-refractivity contribution in [2.75, 3.05) is 0 Å². The van der Waals surface area contributed by atoms with E-state index < -0.39 is 27.3 Å². The van der Waals surface area contributed by atoms with Crippen LogP contribution in [0.1, 0.15) is 46.1 Å². The fourth-order valence-electron chi connectivity index (χ4n) is 3.18. The van der Waals surface area contributed by atoms with E-state index in [9.17, 15) is 13.6 Å². The summed E-state index contributed by atoms with van der Waals surface area (Å²) < 4.78 is 30.2. The molecular weight excluding hydrogens is 302 g/mol. The summed E-state index contributed by atoms with van der Waals surface area (Å²) in [6.07, 6.45) is 0.261. The highest BCUT2D eigenvalue weighted by molar-refractivity contribution is 7.86. The van der Waals surface area contributed by atoms with E-state index >= 15 is 0 Å².